The van der Waals surface area contributed by atoms with E-state index in [0.29, 0.717) is 28.5 Å². The van der Waals surface area contributed by atoms with Crippen LogP contribution in [0.2, 0.25) is 0 Å². The summed E-state index contributed by atoms with van der Waals surface area (Å²) < 4.78 is 15.9. The molecule has 0 radical (unpaired) electrons. The Balaban J connectivity index is 1.48. The number of hydrogen-bond donors (Lipinski definition) is 3. The van der Waals surface area contributed by atoms with E-state index in [1.54, 1.807) is 6.20 Å². The third-order valence-corrected chi connectivity index (χ3v) is 7.46. The van der Waals surface area contributed by atoms with Crippen LogP contribution in [0.1, 0.15) is 25.7 Å². The molecule has 32 heavy (non-hydrogen) atoms. The highest BCUT2D eigenvalue weighted by molar-refractivity contribution is 5.98. The first-order valence-corrected chi connectivity index (χ1v) is 11.1. The topological polar surface area (TPSA) is 95.8 Å². The number of carboxylic acid groups (broad SMARTS) is 1. The molecule has 0 amide bonds. The van der Waals surface area contributed by atoms with Crippen molar-refractivity contribution in [3.05, 3.63) is 42.6 Å². The first-order chi connectivity index (χ1) is 15.5. The normalized spacial score (nSPS) is 24.9. The van der Waals surface area contributed by atoms with Crippen molar-refractivity contribution in [2.75, 3.05) is 5.32 Å². The van der Waals surface area contributed by atoms with E-state index in [9.17, 15) is 14.3 Å². The van der Waals surface area contributed by atoms with Crippen LogP contribution in [0.5, 0.6) is 0 Å². The summed E-state index contributed by atoms with van der Waals surface area (Å²) >= 11 is 0. The number of carboxylic acids is 1. The molecule has 0 saturated heterocycles. The largest absolute Gasteiger partial charge is 0.481 e. The Morgan fingerprint density at radius 1 is 1.22 bits per heavy atom. The summed E-state index contributed by atoms with van der Waals surface area (Å²) in [5.74, 6) is -0.308. The molecular weight excluding hydrogens is 409 g/mol. The minimum absolute atomic E-state index is 0.145. The fourth-order valence-electron chi connectivity index (χ4n) is 5.87. The van der Waals surface area contributed by atoms with Crippen LogP contribution in [0.25, 0.3) is 33.2 Å². The third kappa shape index (κ3) is 2.89. The van der Waals surface area contributed by atoms with Gasteiger partial charge < -0.3 is 20.0 Å². The molecule has 7 rings (SSSR count). The molecule has 1 unspecified atom stereocenters. The lowest BCUT2D eigenvalue weighted by Gasteiger charge is -2.47. The molecule has 2 bridgehead atoms. The number of hydrogen-bond acceptors (Lipinski definition) is 4. The van der Waals surface area contributed by atoms with Gasteiger partial charge in [-0.25, -0.2) is 14.4 Å². The molecule has 3 fully saturated rings. The summed E-state index contributed by atoms with van der Waals surface area (Å²) in [6.45, 7) is 0. The fraction of sp³-hybridized carbons (Fsp3) is 0.375. The second kappa shape index (κ2) is 7.05. The standard InChI is InChI=1S/C24H24FN5O2/c1-30-7-6-15-19(30)9-18(17-11-27-22-16(17)8-14(25)10-26-22)28-23(15)29-21-13-4-2-12(3-5-13)20(21)24(31)32/h6-13,20-21H,2-5H2,1H3,(H,26,27)(H,28,29)(H,31,32)/t12?,13?,20-,21?/m0/s1. The zero-order valence-electron chi connectivity index (χ0n) is 17.7. The number of H-pyrrole nitrogens is 1. The quantitative estimate of drug-likeness (QED) is 0.439. The van der Waals surface area contributed by atoms with Crippen LogP contribution in [0.4, 0.5) is 10.2 Å². The van der Waals surface area contributed by atoms with Crippen molar-refractivity contribution in [2.24, 2.45) is 24.8 Å². The second-order valence-corrected chi connectivity index (χ2v) is 9.18. The number of nitrogens with zero attached hydrogens (tertiary/aromatic N) is 3. The summed E-state index contributed by atoms with van der Waals surface area (Å²) in [5, 5.41) is 15.1. The molecule has 4 heterocycles. The van der Waals surface area contributed by atoms with Gasteiger partial charge in [0.05, 0.1) is 23.3 Å². The Kier molecular flexibility index (Phi) is 4.25. The highest BCUT2D eigenvalue weighted by atomic mass is 19.1. The maximum Gasteiger partial charge on any atom is 0.308 e. The van der Waals surface area contributed by atoms with E-state index in [1.807, 2.05) is 29.9 Å². The van der Waals surface area contributed by atoms with E-state index in [1.165, 1.54) is 12.3 Å². The third-order valence-electron chi connectivity index (χ3n) is 7.46. The zero-order chi connectivity index (χ0) is 22.0. The van der Waals surface area contributed by atoms with Gasteiger partial charge in [-0.05, 0) is 55.7 Å². The van der Waals surface area contributed by atoms with Gasteiger partial charge in [0.2, 0.25) is 0 Å². The number of fused-ring (bicyclic) bond motifs is 5. The molecule has 164 valence electrons. The van der Waals surface area contributed by atoms with Crippen LogP contribution in [0.15, 0.2) is 36.8 Å². The Morgan fingerprint density at radius 2 is 2.00 bits per heavy atom. The van der Waals surface area contributed by atoms with E-state index in [4.69, 9.17) is 4.98 Å². The lowest BCUT2D eigenvalue weighted by atomic mass is 9.61. The molecule has 8 heteroatoms. The Hall–Kier alpha value is -3.42. The van der Waals surface area contributed by atoms with Crippen LogP contribution in [-0.4, -0.2) is 36.6 Å². The van der Waals surface area contributed by atoms with Gasteiger partial charge in [-0.15, -0.1) is 0 Å². The zero-order valence-corrected chi connectivity index (χ0v) is 17.7. The van der Waals surface area contributed by atoms with Gasteiger partial charge in [0.25, 0.3) is 0 Å². The molecular formula is C24H24FN5O2. The van der Waals surface area contributed by atoms with Gasteiger partial charge in [-0.3, -0.25) is 4.79 Å². The van der Waals surface area contributed by atoms with E-state index in [2.05, 4.69) is 15.3 Å². The first-order valence-electron chi connectivity index (χ1n) is 11.1. The first kappa shape index (κ1) is 19.3. The number of aromatic nitrogens is 4. The summed E-state index contributed by atoms with van der Waals surface area (Å²) in [7, 11) is 1.97. The van der Waals surface area contributed by atoms with Gasteiger partial charge in [-0.1, -0.05) is 0 Å². The smallest absolute Gasteiger partial charge is 0.308 e. The Morgan fingerprint density at radius 3 is 2.78 bits per heavy atom. The Labute approximate surface area is 183 Å². The minimum atomic E-state index is -0.726. The van der Waals surface area contributed by atoms with Crippen LogP contribution >= 0.6 is 0 Å². The lowest BCUT2D eigenvalue weighted by molar-refractivity contribution is -0.148. The average Bonchev–Trinajstić information content (AvgIpc) is 3.37. The van der Waals surface area contributed by atoms with E-state index < -0.39 is 17.7 Å². The SMILES string of the molecule is Cn1ccc2c(NC3C4CCC(CC4)[C@@H]3C(=O)O)nc(-c3c[nH]c4ncc(F)cc34)cc21. The second-order valence-electron chi connectivity index (χ2n) is 9.18. The maximum atomic E-state index is 13.9. The molecule has 0 aliphatic heterocycles. The van der Waals surface area contributed by atoms with Crippen molar-refractivity contribution in [1.29, 1.82) is 0 Å². The number of nitrogens with one attached hydrogen (secondary N) is 2. The van der Waals surface area contributed by atoms with Crippen molar-refractivity contribution in [1.82, 2.24) is 19.5 Å². The molecule has 4 aromatic heterocycles. The number of pyridine rings is 2. The average molecular weight is 433 g/mol. The lowest BCUT2D eigenvalue weighted by Crippen LogP contribution is -2.51. The molecule has 3 saturated carbocycles. The number of aliphatic carboxylic acids is 1. The fourth-order valence-corrected chi connectivity index (χ4v) is 5.87. The van der Waals surface area contributed by atoms with Crippen molar-refractivity contribution in [3.63, 3.8) is 0 Å². The molecule has 0 aromatic carbocycles. The van der Waals surface area contributed by atoms with Crippen molar-refractivity contribution < 1.29 is 14.3 Å². The van der Waals surface area contributed by atoms with Crippen LogP contribution < -0.4 is 5.32 Å². The molecule has 3 N–H and O–H groups in total. The van der Waals surface area contributed by atoms with Gasteiger partial charge >= 0.3 is 5.97 Å². The molecule has 3 aliphatic rings. The molecule has 2 atom stereocenters. The van der Waals surface area contributed by atoms with Gasteiger partial charge in [-0.2, -0.15) is 0 Å². The molecule has 3 aliphatic carbocycles. The minimum Gasteiger partial charge on any atom is -0.481 e. The highest BCUT2D eigenvalue weighted by Gasteiger charge is 2.47. The van der Waals surface area contributed by atoms with Crippen LogP contribution in [0, 0.1) is 23.6 Å². The van der Waals surface area contributed by atoms with E-state index in [-0.39, 0.29) is 12.0 Å². The van der Waals surface area contributed by atoms with Gasteiger partial charge in [0.15, 0.2) is 0 Å². The summed E-state index contributed by atoms with van der Waals surface area (Å²) in [6, 6.07) is 5.30. The monoisotopic (exact) mass is 433 g/mol. The number of halogens is 1. The molecule has 0 spiro atoms. The number of rotatable bonds is 4. The molecule has 4 aromatic rings. The number of carbonyl (C=O) groups is 1. The van der Waals surface area contributed by atoms with E-state index in [0.717, 1.165) is 42.1 Å². The number of aromatic amines is 1. The molecule has 7 nitrogen and oxygen atoms in total. The van der Waals surface area contributed by atoms with Crippen LogP contribution in [0.3, 0.4) is 0 Å². The maximum absolute atomic E-state index is 13.9. The summed E-state index contributed by atoms with van der Waals surface area (Å²) in [5.41, 5.74) is 3.02. The number of anilines is 1. The van der Waals surface area contributed by atoms with Crippen molar-refractivity contribution in [3.8, 4) is 11.3 Å². The summed E-state index contributed by atoms with van der Waals surface area (Å²) in [4.78, 5) is 24.3. The van der Waals surface area contributed by atoms with Gasteiger partial charge in [0, 0.05) is 41.8 Å². The highest BCUT2D eigenvalue weighted by Crippen LogP contribution is 2.47. The predicted molar refractivity (Wildman–Crippen MR) is 120 cm³/mol. The van der Waals surface area contributed by atoms with Crippen LogP contribution in [-0.2, 0) is 11.8 Å². The summed E-state index contributed by atoms with van der Waals surface area (Å²) in [6.07, 6.45) is 9.03. The van der Waals surface area contributed by atoms with Gasteiger partial charge in [0.1, 0.15) is 17.3 Å². The predicted octanol–water partition coefficient (Wildman–Crippen LogP) is 4.56. The Bertz CT molecular complexity index is 1350. The number of aryl methyl sites for hydroxylation is 1. The van der Waals surface area contributed by atoms with Crippen molar-refractivity contribution in [2.45, 2.75) is 31.7 Å². The van der Waals surface area contributed by atoms with E-state index >= 15 is 0 Å². The van der Waals surface area contributed by atoms with Crippen molar-refractivity contribution >= 4 is 33.7 Å².